The third-order valence-corrected chi connectivity index (χ3v) is 9.46. The molecule has 0 spiro atoms. The Morgan fingerprint density at radius 2 is 1.86 bits per heavy atom. The van der Waals surface area contributed by atoms with Crippen molar-refractivity contribution in [2.75, 3.05) is 29.9 Å². The molecule has 9 nitrogen and oxygen atoms in total. The zero-order valence-electron chi connectivity index (χ0n) is 24.5. The molecule has 0 aliphatic carbocycles. The molecule has 0 radical (unpaired) electrons. The number of carbonyl (C=O) groups is 1. The van der Waals surface area contributed by atoms with Crippen molar-refractivity contribution in [2.45, 2.75) is 45.3 Å². The number of nitrogens with one attached hydrogen (secondary N) is 2. The summed E-state index contributed by atoms with van der Waals surface area (Å²) in [6, 6.07) is 22.4. The zero-order chi connectivity index (χ0) is 29.5. The van der Waals surface area contributed by atoms with E-state index in [4.69, 9.17) is 15.0 Å². The van der Waals surface area contributed by atoms with Gasteiger partial charge in [-0.1, -0.05) is 49.4 Å². The molecule has 43 heavy (non-hydrogen) atoms. The summed E-state index contributed by atoms with van der Waals surface area (Å²) < 4.78 is 0.973. The maximum absolute atomic E-state index is 13.0. The third-order valence-electron chi connectivity index (χ3n) is 8.41. The number of aryl methyl sites for hydroxylation is 1. The largest absolute Gasteiger partial charge is 0.346 e. The van der Waals surface area contributed by atoms with Gasteiger partial charge in [0, 0.05) is 60.3 Å². The number of likely N-dealkylation sites (N-methyl/N-ethyl adjacent to an activating group) is 1. The summed E-state index contributed by atoms with van der Waals surface area (Å²) in [5, 5.41) is 7.32. The highest BCUT2D eigenvalue weighted by atomic mass is 32.1. The van der Waals surface area contributed by atoms with Gasteiger partial charge in [0.2, 0.25) is 5.95 Å². The summed E-state index contributed by atoms with van der Waals surface area (Å²) >= 11 is 1.56. The summed E-state index contributed by atoms with van der Waals surface area (Å²) in [6.07, 6.45) is 3.02. The molecular weight excluding hydrogens is 556 g/mol. The fraction of sp³-hybridized carbons (Fsp3) is 0.303. The first-order valence-corrected chi connectivity index (χ1v) is 15.6. The van der Waals surface area contributed by atoms with Crippen LogP contribution in [0.3, 0.4) is 0 Å². The number of aromatic nitrogens is 4. The van der Waals surface area contributed by atoms with Gasteiger partial charge in [0.05, 0.1) is 16.3 Å². The van der Waals surface area contributed by atoms with Crippen LogP contribution in [0.25, 0.3) is 20.8 Å². The number of fused-ring (bicyclic) bond motifs is 3. The highest BCUT2D eigenvalue weighted by Crippen LogP contribution is 2.34. The summed E-state index contributed by atoms with van der Waals surface area (Å²) in [7, 11) is 0. The summed E-state index contributed by atoms with van der Waals surface area (Å²) in [5.74, 6) is 2.07. The van der Waals surface area contributed by atoms with Crippen LogP contribution in [0.2, 0.25) is 0 Å². The van der Waals surface area contributed by atoms with E-state index in [1.807, 2.05) is 86.8 Å². The van der Waals surface area contributed by atoms with Gasteiger partial charge in [0.15, 0.2) is 0 Å². The van der Waals surface area contributed by atoms with Crippen LogP contribution in [-0.4, -0.2) is 62.5 Å². The standard InChI is InChI=1S/C33H34N8OS/c1-4-40-18-26-15-25(40)19-41(26)33-35-20(2)13-30(39-33)38-29-16-27-28(17-34-29)43-32(37-27)24-12-8-11-23(14-24)31(42)36-21(3)22-9-6-5-7-10-22/h5-14,16-17,21,25-26H,4,15,18-19H2,1-3H3,(H,36,42)(H,34,35,38,39)/t21-,25+,26+/m1/s1. The van der Waals surface area contributed by atoms with Gasteiger partial charge in [-0.3, -0.25) is 9.69 Å². The number of amides is 1. The molecule has 5 heterocycles. The Morgan fingerprint density at radius 3 is 2.65 bits per heavy atom. The van der Waals surface area contributed by atoms with Crippen molar-refractivity contribution < 1.29 is 4.79 Å². The molecule has 2 fully saturated rings. The topological polar surface area (TPSA) is 99.2 Å². The van der Waals surface area contributed by atoms with Crippen molar-refractivity contribution in [3.63, 3.8) is 0 Å². The molecule has 2 N–H and O–H groups in total. The average Bonchev–Trinajstić information content (AvgIpc) is 3.75. The van der Waals surface area contributed by atoms with E-state index in [0.29, 0.717) is 23.5 Å². The lowest BCUT2D eigenvalue weighted by Crippen LogP contribution is -2.46. The highest BCUT2D eigenvalue weighted by molar-refractivity contribution is 7.21. The quantitative estimate of drug-likeness (QED) is 0.228. The molecule has 10 heteroatoms. The van der Waals surface area contributed by atoms with Crippen molar-refractivity contribution in [1.82, 2.24) is 30.2 Å². The molecule has 2 aromatic carbocycles. The van der Waals surface area contributed by atoms with Gasteiger partial charge in [-0.05, 0) is 44.5 Å². The van der Waals surface area contributed by atoms with Crippen molar-refractivity contribution in [3.8, 4) is 10.6 Å². The first-order valence-electron chi connectivity index (χ1n) is 14.8. The monoisotopic (exact) mass is 590 g/mol. The highest BCUT2D eigenvalue weighted by Gasteiger charge is 2.43. The Morgan fingerprint density at radius 1 is 1.00 bits per heavy atom. The van der Waals surface area contributed by atoms with E-state index in [0.717, 1.165) is 63.4 Å². The Labute approximate surface area is 255 Å². The van der Waals surface area contributed by atoms with Crippen molar-refractivity contribution in [3.05, 3.63) is 89.7 Å². The molecule has 7 rings (SSSR count). The minimum Gasteiger partial charge on any atom is -0.346 e. The summed E-state index contributed by atoms with van der Waals surface area (Å²) in [6.45, 7) is 9.37. The minimum absolute atomic E-state index is 0.0940. The van der Waals surface area contributed by atoms with Crippen LogP contribution < -0.4 is 15.5 Å². The summed E-state index contributed by atoms with van der Waals surface area (Å²) in [5.41, 5.74) is 4.32. The summed E-state index contributed by atoms with van der Waals surface area (Å²) in [4.78, 5) is 37.1. The number of hydrogen-bond donors (Lipinski definition) is 2. The smallest absolute Gasteiger partial charge is 0.251 e. The van der Waals surface area contributed by atoms with Crippen molar-refractivity contribution >= 4 is 45.0 Å². The van der Waals surface area contributed by atoms with Gasteiger partial charge >= 0.3 is 0 Å². The average molecular weight is 591 g/mol. The lowest BCUT2D eigenvalue weighted by Gasteiger charge is -2.33. The number of piperazine rings is 1. The molecule has 218 valence electrons. The lowest BCUT2D eigenvalue weighted by atomic mass is 10.1. The maximum Gasteiger partial charge on any atom is 0.251 e. The Kier molecular flexibility index (Phi) is 7.24. The number of pyridine rings is 1. The van der Waals surface area contributed by atoms with Gasteiger partial charge in [-0.25, -0.2) is 15.0 Å². The fourth-order valence-corrected chi connectivity index (χ4v) is 7.09. The van der Waals surface area contributed by atoms with Gasteiger partial charge in [0.1, 0.15) is 16.6 Å². The number of likely N-dealkylation sites (tertiary alicyclic amines) is 1. The molecule has 1 amide bonds. The molecule has 2 bridgehead atoms. The van der Waals surface area contributed by atoms with Gasteiger partial charge in [0.25, 0.3) is 5.91 Å². The van der Waals surface area contributed by atoms with Crippen LogP contribution in [0.1, 0.15) is 47.9 Å². The Hall–Kier alpha value is -4.41. The molecule has 3 aromatic heterocycles. The van der Waals surface area contributed by atoms with E-state index in [-0.39, 0.29) is 11.9 Å². The number of carbonyl (C=O) groups excluding carboxylic acids is 1. The van der Waals surface area contributed by atoms with E-state index in [1.165, 1.54) is 6.42 Å². The number of rotatable bonds is 8. The second-order valence-electron chi connectivity index (χ2n) is 11.3. The predicted octanol–water partition coefficient (Wildman–Crippen LogP) is 5.97. The molecule has 0 saturated carbocycles. The van der Waals surface area contributed by atoms with Crippen LogP contribution in [0, 0.1) is 6.92 Å². The molecule has 0 unspecified atom stereocenters. The van der Waals surface area contributed by atoms with Crippen LogP contribution >= 0.6 is 11.3 Å². The fourth-order valence-electron chi connectivity index (χ4n) is 6.18. The molecule has 2 saturated heterocycles. The molecule has 5 aromatic rings. The Balaban J connectivity index is 1.08. The van der Waals surface area contributed by atoms with Crippen LogP contribution in [-0.2, 0) is 0 Å². The SMILES string of the molecule is CCN1C[C@@H]2C[C@H]1CN2c1nc(C)cc(Nc2cc3nc(-c4cccc(C(=O)N[C@H](C)c5ccccc5)c4)sc3cn2)n1. The first-order chi connectivity index (χ1) is 20.9. The molecule has 2 aliphatic rings. The minimum atomic E-state index is -0.114. The number of thiazole rings is 1. The van der Waals surface area contributed by atoms with Crippen LogP contribution in [0.4, 0.5) is 17.6 Å². The van der Waals surface area contributed by atoms with Gasteiger partial charge < -0.3 is 15.5 Å². The molecular formula is C33H34N8OS. The van der Waals surface area contributed by atoms with Crippen LogP contribution in [0.15, 0.2) is 72.9 Å². The number of nitrogens with zero attached hydrogens (tertiary/aromatic N) is 6. The van der Waals surface area contributed by atoms with Crippen LogP contribution in [0.5, 0.6) is 0 Å². The van der Waals surface area contributed by atoms with E-state index in [1.54, 1.807) is 11.3 Å². The van der Waals surface area contributed by atoms with E-state index >= 15 is 0 Å². The van der Waals surface area contributed by atoms with Crippen molar-refractivity contribution in [1.29, 1.82) is 0 Å². The molecule has 2 aliphatic heterocycles. The second kappa shape index (κ2) is 11.3. The van der Waals surface area contributed by atoms with Crippen molar-refractivity contribution in [2.24, 2.45) is 0 Å². The Bertz CT molecular complexity index is 1790. The number of benzene rings is 2. The van der Waals surface area contributed by atoms with E-state index < -0.39 is 0 Å². The zero-order valence-corrected chi connectivity index (χ0v) is 25.3. The number of anilines is 3. The predicted molar refractivity (Wildman–Crippen MR) is 172 cm³/mol. The normalized spacial score (nSPS) is 18.7. The molecule has 3 atom stereocenters. The maximum atomic E-state index is 13.0. The van der Waals surface area contributed by atoms with Gasteiger partial charge in [-0.15, -0.1) is 11.3 Å². The second-order valence-corrected chi connectivity index (χ2v) is 12.4. The third kappa shape index (κ3) is 5.55. The lowest BCUT2D eigenvalue weighted by molar-refractivity contribution is 0.0940. The van der Waals surface area contributed by atoms with E-state index in [2.05, 4.69) is 32.3 Å². The first kappa shape index (κ1) is 27.4. The van der Waals surface area contributed by atoms with Gasteiger partial charge in [-0.2, -0.15) is 4.98 Å². The van der Waals surface area contributed by atoms with E-state index in [9.17, 15) is 4.79 Å². The number of hydrogen-bond acceptors (Lipinski definition) is 9.